The molecule has 0 bridgehead atoms. The van der Waals surface area contributed by atoms with Gasteiger partial charge in [0, 0.05) is 13.1 Å². The van der Waals surface area contributed by atoms with Crippen molar-refractivity contribution in [1.29, 1.82) is 5.26 Å². The summed E-state index contributed by atoms with van der Waals surface area (Å²) in [6, 6.07) is 16.4. The fourth-order valence-electron chi connectivity index (χ4n) is 3.96. The number of nitrogens with zero attached hydrogens (tertiary/aromatic N) is 3. The first-order chi connectivity index (χ1) is 14.7. The van der Waals surface area contributed by atoms with Gasteiger partial charge in [-0.1, -0.05) is 24.3 Å². The number of carbonyl (C=O) groups excluding carboxylic acids is 2. The van der Waals surface area contributed by atoms with E-state index in [1.54, 1.807) is 24.3 Å². The minimum atomic E-state index is -0.641. The summed E-state index contributed by atoms with van der Waals surface area (Å²) in [5.74, 6) is 0.326. The average Bonchev–Trinajstić information content (AvgIpc) is 2.79. The SMILES string of the molecule is N#Cc1ccccc1NC(=O)CN1CC(C(=O)N2CCCCC2)Oc2ccccc21. The number of fused-ring (bicyclic) bond motifs is 1. The minimum Gasteiger partial charge on any atom is -0.477 e. The van der Waals surface area contributed by atoms with Crippen LogP contribution in [0, 0.1) is 11.3 Å². The first-order valence-electron chi connectivity index (χ1n) is 10.2. The highest BCUT2D eigenvalue weighted by atomic mass is 16.5. The molecule has 7 nitrogen and oxygen atoms in total. The van der Waals surface area contributed by atoms with Crippen molar-refractivity contribution < 1.29 is 14.3 Å². The number of anilines is 2. The predicted molar refractivity (Wildman–Crippen MR) is 113 cm³/mol. The van der Waals surface area contributed by atoms with E-state index in [2.05, 4.69) is 11.4 Å². The van der Waals surface area contributed by atoms with Gasteiger partial charge in [-0.25, -0.2) is 0 Å². The predicted octanol–water partition coefficient (Wildman–Crippen LogP) is 2.78. The van der Waals surface area contributed by atoms with Gasteiger partial charge in [-0.3, -0.25) is 9.59 Å². The number of ether oxygens (including phenoxy) is 1. The molecular formula is C23H24N4O3. The van der Waals surface area contributed by atoms with E-state index in [9.17, 15) is 14.9 Å². The van der Waals surface area contributed by atoms with Crippen molar-refractivity contribution in [3.8, 4) is 11.8 Å². The van der Waals surface area contributed by atoms with Crippen LogP contribution in [0.15, 0.2) is 48.5 Å². The summed E-state index contributed by atoms with van der Waals surface area (Å²) in [5, 5.41) is 12.0. The van der Waals surface area contributed by atoms with Gasteiger partial charge in [0.2, 0.25) is 5.91 Å². The third-order valence-corrected chi connectivity index (χ3v) is 5.46. The van der Waals surface area contributed by atoms with E-state index in [0.717, 1.165) is 38.0 Å². The van der Waals surface area contributed by atoms with Gasteiger partial charge in [0.1, 0.15) is 11.8 Å². The molecule has 30 heavy (non-hydrogen) atoms. The smallest absolute Gasteiger partial charge is 0.265 e. The van der Waals surface area contributed by atoms with Gasteiger partial charge in [-0.05, 0) is 43.5 Å². The largest absolute Gasteiger partial charge is 0.477 e. The summed E-state index contributed by atoms with van der Waals surface area (Å²) >= 11 is 0. The first kappa shape index (κ1) is 19.8. The van der Waals surface area contributed by atoms with Crippen LogP contribution < -0.4 is 15.0 Å². The molecule has 154 valence electrons. The van der Waals surface area contributed by atoms with Crippen LogP contribution >= 0.6 is 0 Å². The maximum atomic E-state index is 13.0. The molecule has 0 spiro atoms. The lowest BCUT2D eigenvalue weighted by atomic mass is 10.1. The van der Waals surface area contributed by atoms with Crippen molar-refractivity contribution >= 4 is 23.2 Å². The van der Waals surface area contributed by atoms with E-state index in [1.807, 2.05) is 34.1 Å². The van der Waals surface area contributed by atoms with Gasteiger partial charge in [-0.2, -0.15) is 5.26 Å². The highest BCUT2D eigenvalue weighted by molar-refractivity contribution is 5.96. The zero-order valence-electron chi connectivity index (χ0n) is 16.7. The second kappa shape index (κ2) is 8.87. The second-order valence-corrected chi connectivity index (χ2v) is 7.55. The highest BCUT2D eigenvalue weighted by Gasteiger charge is 2.34. The summed E-state index contributed by atoms with van der Waals surface area (Å²) in [6.07, 6.45) is 2.53. The van der Waals surface area contributed by atoms with E-state index in [4.69, 9.17) is 4.74 Å². The number of amides is 2. The summed E-state index contributed by atoms with van der Waals surface area (Å²) in [6.45, 7) is 1.88. The summed E-state index contributed by atoms with van der Waals surface area (Å²) < 4.78 is 6.01. The summed E-state index contributed by atoms with van der Waals surface area (Å²) in [5.41, 5.74) is 1.67. The Morgan fingerprint density at radius 1 is 1.07 bits per heavy atom. The third-order valence-electron chi connectivity index (χ3n) is 5.46. The number of nitriles is 1. The Labute approximate surface area is 175 Å². The van der Waals surface area contributed by atoms with Crippen molar-refractivity contribution in [2.24, 2.45) is 0 Å². The van der Waals surface area contributed by atoms with Crippen molar-refractivity contribution in [3.05, 3.63) is 54.1 Å². The van der Waals surface area contributed by atoms with Gasteiger partial charge in [-0.15, -0.1) is 0 Å². The summed E-state index contributed by atoms with van der Waals surface area (Å²) in [7, 11) is 0. The van der Waals surface area contributed by atoms with Crippen LogP contribution in [0.1, 0.15) is 24.8 Å². The Morgan fingerprint density at radius 3 is 2.60 bits per heavy atom. The zero-order chi connectivity index (χ0) is 20.9. The molecule has 0 radical (unpaired) electrons. The van der Waals surface area contributed by atoms with Crippen molar-refractivity contribution in [3.63, 3.8) is 0 Å². The van der Waals surface area contributed by atoms with Crippen LogP contribution in [0.2, 0.25) is 0 Å². The fraction of sp³-hybridized carbons (Fsp3) is 0.348. The monoisotopic (exact) mass is 404 g/mol. The number of carbonyl (C=O) groups is 2. The van der Waals surface area contributed by atoms with Gasteiger partial charge in [0.25, 0.3) is 5.91 Å². The lowest BCUT2D eigenvalue weighted by molar-refractivity contribution is -0.139. The molecule has 4 rings (SSSR count). The number of para-hydroxylation sites is 3. The van der Waals surface area contributed by atoms with Crippen LogP contribution in [-0.2, 0) is 9.59 Å². The standard InChI is InChI=1S/C23H24N4O3/c24-14-17-8-2-3-9-18(17)25-22(28)16-27-15-21(23(29)26-12-6-1-7-13-26)30-20-11-5-4-10-19(20)27/h2-5,8-11,21H,1,6-7,12-13,15-16H2,(H,25,28). The van der Waals surface area contributed by atoms with Crippen LogP contribution in [0.4, 0.5) is 11.4 Å². The van der Waals surface area contributed by atoms with Crippen molar-refractivity contribution in [1.82, 2.24) is 4.90 Å². The van der Waals surface area contributed by atoms with Crippen LogP contribution in [0.25, 0.3) is 0 Å². The Bertz CT molecular complexity index is 978. The number of benzene rings is 2. The van der Waals surface area contributed by atoms with Gasteiger partial charge in [0.05, 0.1) is 30.0 Å². The maximum absolute atomic E-state index is 13.0. The molecule has 0 aromatic heterocycles. The van der Waals surface area contributed by atoms with E-state index < -0.39 is 6.10 Å². The van der Waals surface area contributed by atoms with E-state index >= 15 is 0 Å². The van der Waals surface area contributed by atoms with E-state index in [-0.39, 0.29) is 18.4 Å². The highest BCUT2D eigenvalue weighted by Crippen LogP contribution is 2.33. The molecule has 0 saturated carbocycles. The molecule has 2 aromatic carbocycles. The molecule has 2 aliphatic rings. The van der Waals surface area contributed by atoms with Gasteiger partial charge < -0.3 is 19.9 Å². The molecular weight excluding hydrogens is 380 g/mol. The maximum Gasteiger partial charge on any atom is 0.265 e. The quantitative estimate of drug-likeness (QED) is 0.847. The average molecular weight is 404 g/mol. The number of nitrogens with one attached hydrogen (secondary N) is 1. The van der Waals surface area contributed by atoms with Crippen LogP contribution in [0.5, 0.6) is 5.75 Å². The van der Waals surface area contributed by atoms with Gasteiger partial charge >= 0.3 is 0 Å². The Hall–Kier alpha value is -3.53. The number of hydrogen-bond acceptors (Lipinski definition) is 5. The normalized spacial score (nSPS) is 18.0. The lowest BCUT2D eigenvalue weighted by Gasteiger charge is -2.38. The van der Waals surface area contributed by atoms with Crippen LogP contribution in [0.3, 0.4) is 0 Å². The van der Waals surface area contributed by atoms with Gasteiger partial charge in [0.15, 0.2) is 6.10 Å². The molecule has 1 saturated heterocycles. The van der Waals surface area contributed by atoms with Crippen LogP contribution in [-0.4, -0.2) is 49.0 Å². The van der Waals surface area contributed by atoms with E-state index in [0.29, 0.717) is 23.5 Å². The first-order valence-corrected chi connectivity index (χ1v) is 10.2. The number of piperidine rings is 1. The molecule has 1 fully saturated rings. The number of likely N-dealkylation sites (tertiary alicyclic amines) is 1. The molecule has 1 atom stereocenters. The van der Waals surface area contributed by atoms with Crippen molar-refractivity contribution in [2.45, 2.75) is 25.4 Å². The molecule has 7 heteroatoms. The topological polar surface area (TPSA) is 85.7 Å². The Morgan fingerprint density at radius 2 is 1.80 bits per heavy atom. The molecule has 2 amide bonds. The van der Waals surface area contributed by atoms with Crippen molar-refractivity contribution in [2.75, 3.05) is 36.4 Å². The molecule has 1 unspecified atom stereocenters. The fourth-order valence-corrected chi connectivity index (χ4v) is 3.96. The number of hydrogen-bond donors (Lipinski definition) is 1. The minimum absolute atomic E-state index is 0.0237. The second-order valence-electron chi connectivity index (χ2n) is 7.55. The molecule has 2 aliphatic heterocycles. The lowest BCUT2D eigenvalue weighted by Crippen LogP contribution is -2.52. The molecule has 0 aliphatic carbocycles. The Balaban J connectivity index is 1.50. The molecule has 2 heterocycles. The molecule has 2 aromatic rings. The number of rotatable bonds is 4. The summed E-state index contributed by atoms with van der Waals surface area (Å²) in [4.78, 5) is 29.5. The molecule has 1 N–H and O–H groups in total. The zero-order valence-corrected chi connectivity index (χ0v) is 16.7. The third kappa shape index (κ3) is 4.23. The Kier molecular flexibility index (Phi) is 5.84. The van der Waals surface area contributed by atoms with E-state index in [1.165, 1.54) is 0 Å².